The summed E-state index contributed by atoms with van der Waals surface area (Å²) >= 11 is 12.2. The van der Waals surface area contributed by atoms with E-state index in [9.17, 15) is 19.5 Å². The average molecular weight is 601 g/mol. The number of pyridine rings is 1. The van der Waals surface area contributed by atoms with Crippen molar-refractivity contribution in [1.82, 2.24) is 4.98 Å². The number of carbonyl (C=O) groups excluding carboxylic acids is 2. The van der Waals surface area contributed by atoms with E-state index in [1.54, 1.807) is 53.4 Å². The maximum Gasteiger partial charge on any atom is 0.311 e. The lowest BCUT2D eigenvalue weighted by molar-refractivity contribution is -0.138. The topological polar surface area (TPSA) is 109 Å². The van der Waals surface area contributed by atoms with Gasteiger partial charge in [-0.1, -0.05) is 76.0 Å². The van der Waals surface area contributed by atoms with Gasteiger partial charge < -0.3 is 20.1 Å². The number of aliphatic carboxylic acids is 1. The molecule has 1 unspecified atom stereocenters. The lowest BCUT2D eigenvalue weighted by Crippen LogP contribution is -2.42. The summed E-state index contributed by atoms with van der Waals surface area (Å²) < 4.78 is 5.57. The Morgan fingerprint density at radius 2 is 1.71 bits per heavy atom. The fourth-order valence-electron chi connectivity index (χ4n) is 4.29. The van der Waals surface area contributed by atoms with Gasteiger partial charge in [-0.15, -0.1) is 0 Å². The average Bonchev–Trinajstić information content (AvgIpc) is 2.89. The molecule has 0 saturated heterocycles. The maximum atomic E-state index is 13.4. The zero-order chi connectivity index (χ0) is 30.5. The smallest absolute Gasteiger partial charge is 0.311 e. The molecule has 1 atom stereocenters. The van der Waals surface area contributed by atoms with E-state index >= 15 is 0 Å². The lowest BCUT2D eigenvalue weighted by atomic mass is 9.90. The minimum Gasteiger partial charge on any atom is -0.495 e. The molecular formula is C31H35Cl2N3O5. The maximum absolute atomic E-state index is 13.4. The largest absolute Gasteiger partial charge is 0.495 e. The summed E-state index contributed by atoms with van der Waals surface area (Å²) in [5.41, 5.74) is 1.18. The van der Waals surface area contributed by atoms with Crippen LogP contribution in [-0.2, 0) is 16.0 Å². The molecule has 0 saturated carbocycles. The minimum absolute atomic E-state index is 0.0894. The van der Waals surface area contributed by atoms with Crippen LogP contribution in [0, 0.1) is 11.3 Å². The van der Waals surface area contributed by atoms with E-state index in [0.717, 1.165) is 0 Å². The van der Waals surface area contributed by atoms with Gasteiger partial charge in [0.05, 0.1) is 34.3 Å². The third kappa shape index (κ3) is 7.99. The first-order chi connectivity index (χ1) is 19.2. The number of carboxylic acid groups (broad SMARTS) is 1. The molecule has 41 heavy (non-hydrogen) atoms. The predicted molar refractivity (Wildman–Crippen MR) is 162 cm³/mol. The normalized spacial score (nSPS) is 12.1. The number of halogens is 2. The highest BCUT2D eigenvalue weighted by atomic mass is 35.5. The summed E-state index contributed by atoms with van der Waals surface area (Å²) in [6.45, 7) is 10.0. The van der Waals surface area contributed by atoms with Crippen LogP contribution in [-0.4, -0.2) is 41.5 Å². The van der Waals surface area contributed by atoms with Gasteiger partial charge in [-0.2, -0.15) is 0 Å². The van der Waals surface area contributed by atoms with Crippen LogP contribution in [0.4, 0.5) is 11.5 Å². The first-order valence-electron chi connectivity index (χ1n) is 13.2. The van der Waals surface area contributed by atoms with Crippen molar-refractivity contribution < 1.29 is 24.2 Å². The van der Waals surface area contributed by atoms with Gasteiger partial charge in [-0.3, -0.25) is 14.4 Å². The van der Waals surface area contributed by atoms with Crippen LogP contribution >= 0.6 is 23.2 Å². The van der Waals surface area contributed by atoms with Crippen LogP contribution in [0.5, 0.6) is 5.75 Å². The molecule has 8 nitrogen and oxygen atoms in total. The monoisotopic (exact) mass is 599 g/mol. The van der Waals surface area contributed by atoms with Gasteiger partial charge >= 0.3 is 5.97 Å². The molecule has 0 aliphatic heterocycles. The molecule has 0 aliphatic carbocycles. The highest BCUT2D eigenvalue weighted by molar-refractivity contribution is 6.40. The van der Waals surface area contributed by atoms with E-state index in [2.05, 4.69) is 10.3 Å². The molecule has 10 heteroatoms. The second-order valence-electron chi connectivity index (χ2n) is 11.2. The van der Waals surface area contributed by atoms with E-state index in [1.165, 1.54) is 13.3 Å². The van der Waals surface area contributed by atoms with Gasteiger partial charge in [0.2, 0.25) is 5.91 Å². The second-order valence-corrected chi connectivity index (χ2v) is 12.0. The van der Waals surface area contributed by atoms with Crippen molar-refractivity contribution in [3.63, 3.8) is 0 Å². The molecule has 3 rings (SSSR count). The van der Waals surface area contributed by atoms with Crippen molar-refractivity contribution in [3.8, 4) is 5.75 Å². The van der Waals surface area contributed by atoms with E-state index in [0.29, 0.717) is 29.1 Å². The number of nitrogens with zero attached hydrogens (tertiary/aromatic N) is 2. The number of hydrogen-bond donors (Lipinski definition) is 2. The van der Waals surface area contributed by atoms with Crippen LogP contribution in [0.2, 0.25) is 10.0 Å². The Hall–Kier alpha value is -3.62. The number of anilines is 2. The summed E-state index contributed by atoms with van der Waals surface area (Å²) in [4.78, 5) is 44.5. The highest BCUT2D eigenvalue weighted by Crippen LogP contribution is 2.36. The van der Waals surface area contributed by atoms with Gasteiger partial charge in [-0.25, -0.2) is 4.98 Å². The van der Waals surface area contributed by atoms with Crippen molar-refractivity contribution in [2.24, 2.45) is 11.3 Å². The molecule has 0 aliphatic rings. The first-order valence-corrected chi connectivity index (χ1v) is 13.9. The Labute approximate surface area is 250 Å². The van der Waals surface area contributed by atoms with Crippen LogP contribution in [0.1, 0.15) is 62.0 Å². The SMILES string of the molecule is COc1ccc(C(Cc2ccc(NC(=O)c3c(Cl)cccc3Cl)nc2)C(=O)O)cc1N(CC(C)C)C(=O)C(C)(C)C. The Kier molecular flexibility index (Phi) is 10.4. The van der Waals surface area contributed by atoms with Crippen molar-refractivity contribution in [2.75, 3.05) is 23.9 Å². The zero-order valence-corrected chi connectivity index (χ0v) is 25.5. The number of carboxylic acids is 1. The van der Waals surface area contributed by atoms with Crippen molar-refractivity contribution in [1.29, 1.82) is 0 Å². The number of rotatable bonds is 10. The fraction of sp³-hybridized carbons (Fsp3) is 0.355. The molecule has 2 aromatic carbocycles. The summed E-state index contributed by atoms with van der Waals surface area (Å²) in [6.07, 6.45) is 1.65. The predicted octanol–water partition coefficient (Wildman–Crippen LogP) is 7.10. The second kappa shape index (κ2) is 13.4. The number of hydrogen-bond acceptors (Lipinski definition) is 5. The number of amides is 2. The minimum atomic E-state index is -1.02. The molecule has 0 radical (unpaired) electrons. The number of methoxy groups -OCH3 is 1. The third-order valence-electron chi connectivity index (χ3n) is 6.32. The standard InChI is InChI=1S/C31H35Cl2N3O5/c1-18(2)17-36(30(40)31(3,4)5)24-15-20(11-12-25(24)41-6)21(29(38)39)14-19-10-13-26(34-16-19)35-28(37)27-22(32)8-7-9-23(27)33/h7-13,15-16,18,21H,14,17H2,1-6H3,(H,38,39)(H,34,35,37). The Balaban J connectivity index is 1.89. The number of ether oxygens (including phenoxy) is 1. The van der Waals surface area contributed by atoms with Gasteiger partial charge in [0.25, 0.3) is 5.91 Å². The third-order valence-corrected chi connectivity index (χ3v) is 6.95. The van der Waals surface area contributed by atoms with Gasteiger partial charge in [-0.05, 0) is 53.8 Å². The van der Waals surface area contributed by atoms with Crippen molar-refractivity contribution in [3.05, 3.63) is 81.5 Å². The summed E-state index contributed by atoms with van der Waals surface area (Å²) in [7, 11) is 1.52. The number of aromatic nitrogens is 1. The molecule has 0 bridgehead atoms. The zero-order valence-electron chi connectivity index (χ0n) is 24.0. The van der Waals surface area contributed by atoms with Gasteiger partial charge in [0.1, 0.15) is 11.6 Å². The summed E-state index contributed by atoms with van der Waals surface area (Å²) in [5.74, 6) is -1.63. The molecule has 1 aromatic heterocycles. The van der Waals surface area contributed by atoms with E-state index in [-0.39, 0.29) is 39.7 Å². The molecule has 1 heterocycles. The van der Waals surface area contributed by atoms with Gasteiger partial charge in [0, 0.05) is 18.2 Å². The quantitative estimate of drug-likeness (QED) is 0.257. The summed E-state index contributed by atoms with van der Waals surface area (Å²) in [6, 6.07) is 13.2. The lowest BCUT2D eigenvalue weighted by Gasteiger charge is -2.32. The van der Waals surface area contributed by atoms with Crippen LogP contribution < -0.4 is 15.0 Å². The summed E-state index contributed by atoms with van der Waals surface area (Å²) in [5, 5.41) is 13.3. The van der Waals surface area contributed by atoms with Crippen LogP contribution in [0.25, 0.3) is 0 Å². The Bertz CT molecular complexity index is 1400. The Morgan fingerprint density at radius 1 is 1.05 bits per heavy atom. The molecular weight excluding hydrogens is 565 g/mol. The van der Waals surface area contributed by atoms with Crippen LogP contribution in [0.15, 0.2) is 54.7 Å². The number of benzene rings is 2. The number of nitrogens with one attached hydrogen (secondary N) is 1. The van der Waals surface area contributed by atoms with E-state index in [1.807, 2.05) is 34.6 Å². The van der Waals surface area contributed by atoms with E-state index in [4.69, 9.17) is 27.9 Å². The van der Waals surface area contributed by atoms with Crippen molar-refractivity contribution >= 4 is 52.5 Å². The molecule has 2 amide bonds. The Morgan fingerprint density at radius 3 is 2.22 bits per heavy atom. The van der Waals surface area contributed by atoms with Crippen molar-refractivity contribution in [2.45, 2.75) is 47.0 Å². The van der Waals surface area contributed by atoms with Crippen LogP contribution in [0.3, 0.4) is 0 Å². The number of carbonyl (C=O) groups is 3. The van der Waals surface area contributed by atoms with E-state index < -0.39 is 23.2 Å². The molecule has 218 valence electrons. The molecule has 0 spiro atoms. The molecule has 3 aromatic rings. The highest BCUT2D eigenvalue weighted by Gasteiger charge is 2.31. The molecule has 2 N–H and O–H groups in total. The molecule has 0 fully saturated rings. The fourth-order valence-corrected chi connectivity index (χ4v) is 4.86. The first kappa shape index (κ1) is 31.9. The van der Waals surface area contributed by atoms with Gasteiger partial charge in [0.15, 0.2) is 0 Å².